The fourth-order valence-electron chi connectivity index (χ4n) is 3.92. The molecule has 4 rings (SSSR count). The van der Waals surface area contributed by atoms with Crippen LogP contribution >= 0.6 is 0 Å². The Morgan fingerprint density at radius 2 is 1.91 bits per heavy atom. The summed E-state index contributed by atoms with van der Waals surface area (Å²) in [6, 6.07) is 19.5. The van der Waals surface area contributed by atoms with E-state index in [0.717, 1.165) is 32.5 Å². The van der Waals surface area contributed by atoms with Crippen LogP contribution in [-0.2, 0) is 22.4 Å². The molecule has 3 aromatic carbocycles. The predicted octanol–water partition coefficient (Wildman–Crippen LogP) is 4.66. The van der Waals surface area contributed by atoms with Gasteiger partial charge in [-0.25, -0.2) is 9.69 Å². The number of carbonyl (C=O) groups excluding carboxylic acids is 2. The van der Waals surface area contributed by atoms with E-state index in [9.17, 15) is 9.59 Å². The fraction of sp³-hybridized carbons (Fsp3) is 0.250. The van der Waals surface area contributed by atoms with Gasteiger partial charge in [-0.05, 0) is 52.4 Å². The first-order valence-electron chi connectivity index (χ1n) is 10.2. The highest BCUT2D eigenvalue weighted by Crippen LogP contribution is 2.24. The van der Waals surface area contributed by atoms with E-state index in [0.29, 0.717) is 6.42 Å². The van der Waals surface area contributed by atoms with Gasteiger partial charge in [-0.2, -0.15) is 0 Å². The average molecular weight is 430 g/mol. The summed E-state index contributed by atoms with van der Waals surface area (Å²) in [5.74, 6) is 0.199. The van der Waals surface area contributed by atoms with E-state index in [2.05, 4.69) is 10.0 Å². The van der Waals surface area contributed by atoms with Gasteiger partial charge >= 0.3 is 6.09 Å². The van der Waals surface area contributed by atoms with E-state index in [-0.39, 0.29) is 13.0 Å². The molecule has 1 aliphatic rings. The number of rotatable bonds is 7. The molecule has 1 aliphatic heterocycles. The molecule has 32 heavy (non-hydrogen) atoms. The first-order valence-corrected chi connectivity index (χ1v) is 10.2. The van der Waals surface area contributed by atoms with E-state index in [4.69, 9.17) is 15.0 Å². The number of methoxy groups -OCH3 is 1. The van der Waals surface area contributed by atoms with Crippen molar-refractivity contribution in [1.82, 2.24) is 4.90 Å². The quantitative estimate of drug-likeness (QED) is 0.309. The summed E-state index contributed by atoms with van der Waals surface area (Å²) in [5.41, 5.74) is 10.9. The second-order valence-corrected chi connectivity index (χ2v) is 7.60. The third-order valence-electron chi connectivity index (χ3n) is 5.53. The van der Waals surface area contributed by atoms with Gasteiger partial charge in [-0.3, -0.25) is 4.79 Å². The van der Waals surface area contributed by atoms with Crippen molar-refractivity contribution in [2.75, 3.05) is 13.7 Å². The first kappa shape index (κ1) is 21.2. The molecule has 0 saturated carbocycles. The lowest BCUT2D eigenvalue weighted by molar-refractivity contribution is -0.130. The number of hydrogen-bond acceptors (Lipinski definition) is 5. The third kappa shape index (κ3) is 4.50. The van der Waals surface area contributed by atoms with Crippen molar-refractivity contribution in [3.05, 3.63) is 88.3 Å². The lowest BCUT2D eigenvalue weighted by atomic mass is 10.00. The largest absolute Gasteiger partial charge is 0.497 e. The van der Waals surface area contributed by atoms with E-state index in [1.807, 2.05) is 66.7 Å². The monoisotopic (exact) mass is 430 g/mol. The zero-order valence-corrected chi connectivity index (χ0v) is 17.5. The molecule has 3 aromatic rings. The molecule has 162 valence electrons. The maximum absolute atomic E-state index is 13.2. The van der Waals surface area contributed by atoms with Gasteiger partial charge in [0.05, 0.1) is 13.2 Å². The number of hydrogen-bond donors (Lipinski definition) is 0. The van der Waals surface area contributed by atoms with Gasteiger partial charge in [0.15, 0.2) is 0 Å². The van der Waals surface area contributed by atoms with Gasteiger partial charge in [-0.1, -0.05) is 59.7 Å². The van der Waals surface area contributed by atoms with Gasteiger partial charge in [-0.15, -0.1) is 0 Å². The number of ether oxygens (including phenoxy) is 2. The molecule has 1 unspecified atom stereocenters. The van der Waals surface area contributed by atoms with E-state index in [1.54, 1.807) is 7.11 Å². The van der Waals surface area contributed by atoms with Crippen LogP contribution in [0, 0.1) is 0 Å². The maximum Gasteiger partial charge on any atom is 0.416 e. The van der Waals surface area contributed by atoms with Crippen molar-refractivity contribution in [3.8, 4) is 5.75 Å². The lowest BCUT2D eigenvalue weighted by Crippen LogP contribution is -2.45. The molecule has 0 bridgehead atoms. The Bertz CT molecular complexity index is 1190. The summed E-state index contributed by atoms with van der Waals surface area (Å²) in [5, 5.41) is 5.67. The Labute approximate surface area is 185 Å². The van der Waals surface area contributed by atoms with Crippen LogP contribution in [0.5, 0.6) is 5.75 Å². The van der Waals surface area contributed by atoms with Crippen LogP contribution in [0.3, 0.4) is 0 Å². The molecule has 1 fully saturated rings. The summed E-state index contributed by atoms with van der Waals surface area (Å²) in [4.78, 5) is 29.5. The SMILES string of the molecule is COc1ccc2cc(CC(N=[N+]=[N-])C(=O)N3C(=O)OC[C@@H]3Cc3ccccc3)ccc2c1. The summed E-state index contributed by atoms with van der Waals surface area (Å²) >= 11 is 0. The van der Waals surface area contributed by atoms with Crippen molar-refractivity contribution in [2.45, 2.75) is 24.9 Å². The van der Waals surface area contributed by atoms with Crippen molar-refractivity contribution in [3.63, 3.8) is 0 Å². The van der Waals surface area contributed by atoms with Crippen molar-refractivity contribution >= 4 is 22.8 Å². The van der Waals surface area contributed by atoms with Gasteiger partial charge in [0.1, 0.15) is 18.4 Å². The molecular weight excluding hydrogens is 408 g/mol. The number of azide groups is 1. The second kappa shape index (κ2) is 9.41. The Hall–Kier alpha value is -4.03. The number of carbonyl (C=O) groups is 2. The molecule has 8 nitrogen and oxygen atoms in total. The van der Waals surface area contributed by atoms with Gasteiger partial charge in [0.25, 0.3) is 0 Å². The van der Waals surface area contributed by atoms with Crippen LogP contribution in [-0.4, -0.2) is 42.7 Å². The van der Waals surface area contributed by atoms with E-state index < -0.39 is 24.1 Å². The Morgan fingerprint density at radius 3 is 2.66 bits per heavy atom. The normalized spacial score (nSPS) is 16.3. The molecular formula is C24H22N4O4. The summed E-state index contributed by atoms with van der Waals surface area (Å²) in [6.07, 6.45) is -0.0640. The van der Waals surface area contributed by atoms with E-state index in [1.165, 1.54) is 0 Å². The fourth-order valence-corrected chi connectivity index (χ4v) is 3.92. The zero-order valence-electron chi connectivity index (χ0n) is 17.5. The molecule has 0 spiro atoms. The van der Waals surface area contributed by atoms with Gasteiger partial charge in [0.2, 0.25) is 5.91 Å². The predicted molar refractivity (Wildman–Crippen MR) is 119 cm³/mol. The number of imide groups is 1. The molecule has 2 amide bonds. The highest BCUT2D eigenvalue weighted by molar-refractivity contribution is 5.96. The first-order chi connectivity index (χ1) is 15.6. The molecule has 0 N–H and O–H groups in total. The summed E-state index contributed by atoms with van der Waals surface area (Å²) < 4.78 is 10.4. The Morgan fingerprint density at radius 1 is 1.16 bits per heavy atom. The standard InChI is InChI=1S/C24H22N4O4/c1-31-21-10-9-18-11-17(7-8-19(18)14-21)13-22(26-27-25)23(29)28-20(15-32-24(28)30)12-16-5-3-2-4-6-16/h2-11,14,20,22H,12-13,15H2,1H3/t20-,22?/m0/s1. The molecule has 1 saturated heterocycles. The average Bonchev–Trinajstić information content (AvgIpc) is 3.18. The van der Waals surface area contributed by atoms with Crippen LogP contribution in [0.1, 0.15) is 11.1 Å². The molecule has 0 radical (unpaired) electrons. The van der Waals surface area contributed by atoms with Crippen LogP contribution in [0.2, 0.25) is 0 Å². The minimum absolute atomic E-state index is 0.111. The maximum atomic E-state index is 13.2. The molecule has 8 heteroatoms. The van der Waals surface area contributed by atoms with Crippen molar-refractivity contribution in [2.24, 2.45) is 5.11 Å². The minimum Gasteiger partial charge on any atom is -0.497 e. The number of amides is 2. The minimum atomic E-state index is -1.06. The number of cyclic esters (lactones) is 1. The van der Waals surface area contributed by atoms with Gasteiger partial charge < -0.3 is 9.47 Å². The third-order valence-corrected chi connectivity index (χ3v) is 5.53. The smallest absolute Gasteiger partial charge is 0.416 e. The van der Waals surface area contributed by atoms with Crippen LogP contribution < -0.4 is 4.74 Å². The van der Waals surface area contributed by atoms with Crippen LogP contribution in [0.15, 0.2) is 71.8 Å². The molecule has 2 atom stereocenters. The number of benzene rings is 3. The highest BCUT2D eigenvalue weighted by Gasteiger charge is 2.40. The molecule has 0 aromatic heterocycles. The second-order valence-electron chi connectivity index (χ2n) is 7.60. The lowest BCUT2D eigenvalue weighted by Gasteiger charge is -2.23. The summed E-state index contributed by atoms with van der Waals surface area (Å²) in [7, 11) is 1.61. The topological polar surface area (TPSA) is 105 Å². The number of fused-ring (bicyclic) bond motifs is 1. The summed E-state index contributed by atoms with van der Waals surface area (Å²) in [6.45, 7) is 0.111. The highest BCUT2D eigenvalue weighted by atomic mass is 16.6. The van der Waals surface area contributed by atoms with Crippen LogP contribution in [0.25, 0.3) is 21.2 Å². The van der Waals surface area contributed by atoms with E-state index >= 15 is 0 Å². The van der Waals surface area contributed by atoms with Gasteiger partial charge in [0, 0.05) is 4.91 Å². The molecule has 0 aliphatic carbocycles. The Kier molecular flexibility index (Phi) is 6.24. The zero-order chi connectivity index (χ0) is 22.5. The Balaban J connectivity index is 1.56. The number of nitrogens with zero attached hydrogens (tertiary/aromatic N) is 4. The van der Waals surface area contributed by atoms with Crippen LogP contribution in [0.4, 0.5) is 4.79 Å². The van der Waals surface area contributed by atoms with Crippen molar-refractivity contribution in [1.29, 1.82) is 0 Å². The molecule has 1 heterocycles. The van der Waals surface area contributed by atoms with Crippen molar-refractivity contribution < 1.29 is 19.1 Å².